The van der Waals surface area contributed by atoms with Crippen LogP contribution < -0.4 is 4.74 Å². The molecule has 1 heterocycles. The zero-order chi connectivity index (χ0) is 21.8. The Morgan fingerprint density at radius 3 is 2.17 bits per heavy atom. The third-order valence-corrected chi connectivity index (χ3v) is 6.50. The Bertz CT molecular complexity index is 984. The summed E-state index contributed by atoms with van der Waals surface area (Å²) in [4.78, 5) is 5.23. The van der Waals surface area contributed by atoms with Gasteiger partial charge in [-0.1, -0.05) is 28.9 Å². The van der Waals surface area contributed by atoms with Gasteiger partial charge in [0.05, 0.1) is 10.6 Å². The van der Waals surface area contributed by atoms with Crippen molar-refractivity contribution >= 4 is 27.3 Å². The lowest BCUT2D eigenvalue weighted by molar-refractivity contribution is -0.274. The van der Waals surface area contributed by atoms with Crippen LogP contribution in [0.4, 0.5) is 13.2 Å². The van der Waals surface area contributed by atoms with Crippen molar-refractivity contribution in [2.75, 3.05) is 13.1 Å². The van der Waals surface area contributed by atoms with Crippen LogP contribution in [0, 0.1) is 0 Å². The molecule has 1 aliphatic rings. The SMILES string of the molecule is O=S(=O)(c1ccc(OC(F)(F)F)cc1)N1CCC(=NOCc2ccc(Cl)cc2)CC1. The first-order valence-corrected chi connectivity index (χ1v) is 10.7. The van der Waals surface area contributed by atoms with Crippen LogP contribution in [0.1, 0.15) is 18.4 Å². The minimum atomic E-state index is -4.83. The van der Waals surface area contributed by atoms with Crippen molar-refractivity contribution in [1.29, 1.82) is 0 Å². The molecule has 1 fully saturated rings. The smallest absolute Gasteiger partial charge is 0.406 e. The maximum atomic E-state index is 12.7. The minimum absolute atomic E-state index is 0.101. The van der Waals surface area contributed by atoms with E-state index in [1.807, 2.05) is 12.1 Å². The highest BCUT2D eigenvalue weighted by Gasteiger charge is 2.32. The number of hydrogen-bond acceptors (Lipinski definition) is 5. The third kappa shape index (κ3) is 6.10. The maximum Gasteiger partial charge on any atom is 0.573 e. The van der Waals surface area contributed by atoms with Gasteiger partial charge in [-0.15, -0.1) is 13.2 Å². The molecule has 0 saturated carbocycles. The largest absolute Gasteiger partial charge is 0.573 e. The number of piperidine rings is 1. The van der Waals surface area contributed by atoms with E-state index in [0.717, 1.165) is 35.5 Å². The van der Waals surface area contributed by atoms with E-state index in [4.69, 9.17) is 16.4 Å². The number of oxime groups is 1. The summed E-state index contributed by atoms with van der Waals surface area (Å²) in [5, 5.41) is 4.70. The molecule has 1 aliphatic heterocycles. The van der Waals surface area contributed by atoms with Crippen molar-refractivity contribution in [1.82, 2.24) is 4.31 Å². The number of alkyl halides is 3. The standard InChI is InChI=1S/C19H18ClF3N2O4S/c20-15-3-1-14(2-4-15)13-28-24-16-9-11-25(12-10-16)30(26,27)18-7-5-17(6-8-18)29-19(21,22)23/h1-8H,9-13H2. The van der Waals surface area contributed by atoms with Crippen molar-refractivity contribution in [2.24, 2.45) is 5.16 Å². The molecule has 0 atom stereocenters. The van der Waals surface area contributed by atoms with Crippen LogP contribution in [-0.4, -0.2) is 37.9 Å². The van der Waals surface area contributed by atoms with Gasteiger partial charge in [-0.2, -0.15) is 4.31 Å². The number of sulfonamides is 1. The molecule has 0 radical (unpaired) electrons. The van der Waals surface area contributed by atoms with Crippen LogP contribution in [0.25, 0.3) is 0 Å². The fraction of sp³-hybridized carbons (Fsp3) is 0.316. The summed E-state index contributed by atoms with van der Waals surface area (Å²) in [5.74, 6) is -0.479. The highest BCUT2D eigenvalue weighted by Crippen LogP contribution is 2.26. The van der Waals surface area contributed by atoms with Gasteiger partial charge in [-0.05, 0) is 42.0 Å². The Hall–Kier alpha value is -2.30. The number of benzene rings is 2. The van der Waals surface area contributed by atoms with E-state index in [2.05, 4.69) is 9.89 Å². The number of hydrogen-bond donors (Lipinski definition) is 0. The Morgan fingerprint density at radius 2 is 1.60 bits per heavy atom. The van der Waals surface area contributed by atoms with Gasteiger partial charge in [0.25, 0.3) is 0 Å². The van der Waals surface area contributed by atoms with Crippen LogP contribution in [0.15, 0.2) is 58.6 Å². The molecule has 2 aromatic rings. The lowest BCUT2D eigenvalue weighted by Gasteiger charge is -2.26. The quantitative estimate of drug-likeness (QED) is 0.588. The molecule has 0 N–H and O–H groups in total. The molecule has 1 saturated heterocycles. The van der Waals surface area contributed by atoms with Gasteiger partial charge in [0.1, 0.15) is 12.4 Å². The highest BCUT2D eigenvalue weighted by molar-refractivity contribution is 7.89. The second-order valence-corrected chi connectivity index (χ2v) is 8.86. The summed E-state index contributed by atoms with van der Waals surface area (Å²) in [7, 11) is -3.83. The van der Waals surface area contributed by atoms with Crippen molar-refractivity contribution in [2.45, 2.75) is 30.7 Å². The van der Waals surface area contributed by atoms with Crippen molar-refractivity contribution in [3.8, 4) is 5.75 Å². The topological polar surface area (TPSA) is 68.2 Å². The van der Waals surface area contributed by atoms with E-state index in [0.29, 0.717) is 17.9 Å². The second kappa shape index (κ2) is 9.23. The molecule has 3 rings (SSSR count). The van der Waals surface area contributed by atoms with E-state index in [1.54, 1.807) is 12.1 Å². The molecule has 30 heavy (non-hydrogen) atoms. The van der Waals surface area contributed by atoms with E-state index in [1.165, 1.54) is 4.31 Å². The zero-order valence-corrected chi connectivity index (χ0v) is 17.2. The summed E-state index contributed by atoms with van der Waals surface area (Å²) >= 11 is 5.82. The van der Waals surface area contributed by atoms with E-state index >= 15 is 0 Å². The molecule has 0 bridgehead atoms. The fourth-order valence-electron chi connectivity index (χ4n) is 2.82. The van der Waals surface area contributed by atoms with Gasteiger partial charge in [-0.3, -0.25) is 0 Å². The van der Waals surface area contributed by atoms with E-state index in [-0.39, 0.29) is 24.6 Å². The second-order valence-electron chi connectivity index (χ2n) is 6.48. The molecule has 0 aromatic heterocycles. The number of nitrogens with zero attached hydrogens (tertiary/aromatic N) is 2. The first-order valence-electron chi connectivity index (χ1n) is 8.91. The van der Waals surface area contributed by atoms with Crippen molar-refractivity contribution < 1.29 is 31.2 Å². The molecular weight excluding hydrogens is 445 g/mol. The molecule has 162 valence electrons. The third-order valence-electron chi connectivity index (χ3n) is 4.33. The Morgan fingerprint density at radius 1 is 1.00 bits per heavy atom. The van der Waals surface area contributed by atoms with Crippen LogP contribution in [0.5, 0.6) is 5.75 Å². The van der Waals surface area contributed by atoms with Crippen LogP contribution >= 0.6 is 11.6 Å². The minimum Gasteiger partial charge on any atom is -0.406 e. The lowest BCUT2D eigenvalue weighted by atomic mass is 10.1. The van der Waals surface area contributed by atoms with Crippen molar-refractivity contribution in [3.63, 3.8) is 0 Å². The van der Waals surface area contributed by atoms with Crippen LogP contribution in [0.2, 0.25) is 5.02 Å². The summed E-state index contributed by atoms with van der Waals surface area (Å²) in [5.41, 5.74) is 1.64. The predicted molar refractivity (Wildman–Crippen MR) is 105 cm³/mol. The Balaban J connectivity index is 1.54. The van der Waals surface area contributed by atoms with Gasteiger partial charge >= 0.3 is 6.36 Å². The maximum absolute atomic E-state index is 12.7. The average molecular weight is 463 g/mol. The van der Waals surface area contributed by atoms with Gasteiger partial charge in [0.2, 0.25) is 10.0 Å². The van der Waals surface area contributed by atoms with E-state index < -0.39 is 22.1 Å². The van der Waals surface area contributed by atoms with Crippen LogP contribution in [0.3, 0.4) is 0 Å². The van der Waals surface area contributed by atoms with Gasteiger partial charge in [0, 0.05) is 31.0 Å². The number of rotatable bonds is 6. The average Bonchev–Trinajstić information content (AvgIpc) is 2.69. The first-order chi connectivity index (χ1) is 14.1. The van der Waals surface area contributed by atoms with Gasteiger partial charge in [-0.25, -0.2) is 8.42 Å². The number of halogens is 4. The molecule has 0 amide bonds. The monoisotopic (exact) mass is 462 g/mol. The lowest BCUT2D eigenvalue weighted by Crippen LogP contribution is -2.38. The van der Waals surface area contributed by atoms with Crippen LogP contribution in [-0.2, 0) is 21.5 Å². The predicted octanol–water partition coefficient (Wildman–Crippen LogP) is 4.60. The highest BCUT2D eigenvalue weighted by atomic mass is 35.5. The fourth-order valence-corrected chi connectivity index (χ4v) is 4.38. The summed E-state index contributed by atoms with van der Waals surface area (Å²) in [6.45, 7) is 0.674. The molecule has 0 unspecified atom stereocenters. The molecule has 0 spiro atoms. The Labute approximate surface area is 176 Å². The van der Waals surface area contributed by atoms with Gasteiger partial charge in [0.15, 0.2) is 0 Å². The molecule has 2 aromatic carbocycles. The molecule has 0 aliphatic carbocycles. The molecule has 6 nitrogen and oxygen atoms in total. The summed E-state index contributed by atoms with van der Waals surface area (Å²) in [6, 6.07) is 11.3. The first kappa shape index (κ1) is 22.4. The normalized spacial score (nSPS) is 15.7. The van der Waals surface area contributed by atoms with Gasteiger partial charge < -0.3 is 9.57 Å². The molecule has 11 heteroatoms. The summed E-state index contributed by atoms with van der Waals surface area (Å²) < 4.78 is 67.1. The molecular formula is C19H18ClF3N2O4S. The zero-order valence-electron chi connectivity index (χ0n) is 15.6. The summed E-state index contributed by atoms with van der Waals surface area (Å²) in [6.07, 6.45) is -4.04. The van der Waals surface area contributed by atoms with E-state index in [9.17, 15) is 21.6 Å². The Kier molecular flexibility index (Phi) is 6.89. The van der Waals surface area contributed by atoms with Crippen molar-refractivity contribution in [3.05, 3.63) is 59.1 Å². The number of ether oxygens (including phenoxy) is 1.